The van der Waals surface area contributed by atoms with Crippen molar-refractivity contribution >= 4 is 5.91 Å². The Morgan fingerprint density at radius 3 is 2.67 bits per heavy atom. The summed E-state index contributed by atoms with van der Waals surface area (Å²) >= 11 is 0. The third kappa shape index (κ3) is 3.98. The predicted octanol–water partition coefficient (Wildman–Crippen LogP) is 2.56. The van der Waals surface area contributed by atoms with E-state index in [0.717, 1.165) is 25.9 Å². The summed E-state index contributed by atoms with van der Waals surface area (Å²) < 4.78 is 0. The highest BCUT2D eigenvalue weighted by molar-refractivity contribution is 5.77. The molecule has 1 N–H and O–H groups in total. The first kappa shape index (κ1) is 13.9. The van der Waals surface area contributed by atoms with E-state index in [0.29, 0.717) is 23.9 Å². The van der Waals surface area contributed by atoms with Gasteiger partial charge < -0.3 is 10.2 Å². The van der Waals surface area contributed by atoms with Gasteiger partial charge in [0.25, 0.3) is 0 Å². The van der Waals surface area contributed by atoms with Crippen LogP contribution in [0.3, 0.4) is 0 Å². The van der Waals surface area contributed by atoms with Gasteiger partial charge in [-0.2, -0.15) is 0 Å². The highest BCUT2D eigenvalue weighted by Gasteiger charge is 2.34. The lowest BCUT2D eigenvalue weighted by Gasteiger charge is -2.31. The number of carbonyl (C=O) groups is 1. The van der Waals surface area contributed by atoms with Crippen LogP contribution in [0.2, 0.25) is 0 Å². The van der Waals surface area contributed by atoms with E-state index in [1.54, 1.807) is 0 Å². The fraction of sp³-hybridized carbons (Fsp3) is 0.933. The second kappa shape index (κ2) is 6.55. The van der Waals surface area contributed by atoms with E-state index in [4.69, 9.17) is 0 Å². The smallest absolute Gasteiger partial charge is 0.223 e. The minimum Gasteiger partial charge on any atom is -0.338 e. The van der Waals surface area contributed by atoms with E-state index >= 15 is 0 Å². The van der Waals surface area contributed by atoms with Crippen LogP contribution in [0.15, 0.2) is 0 Å². The molecule has 1 aliphatic carbocycles. The van der Waals surface area contributed by atoms with E-state index in [1.807, 2.05) is 0 Å². The molecule has 2 unspecified atom stereocenters. The molecule has 0 aromatic heterocycles. The zero-order valence-electron chi connectivity index (χ0n) is 12.0. The van der Waals surface area contributed by atoms with E-state index in [1.165, 1.54) is 32.1 Å². The highest BCUT2D eigenvalue weighted by atomic mass is 16.2. The van der Waals surface area contributed by atoms with Crippen molar-refractivity contribution < 1.29 is 4.79 Å². The highest BCUT2D eigenvalue weighted by Crippen LogP contribution is 2.29. The minimum absolute atomic E-state index is 0.388. The third-order valence-electron chi connectivity index (χ3n) is 4.36. The second-order valence-electron chi connectivity index (χ2n) is 6.14. The van der Waals surface area contributed by atoms with Gasteiger partial charge in [0.05, 0.1) is 0 Å². The van der Waals surface area contributed by atoms with E-state index in [2.05, 4.69) is 24.1 Å². The SMILES string of the molecule is CCC(C)CC(=O)N(CC1CCCCN1)C1CC1. The Kier molecular flexibility index (Phi) is 5.04. The first-order valence-corrected chi connectivity index (χ1v) is 7.73. The van der Waals surface area contributed by atoms with Gasteiger partial charge in [0.15, 0.2) is 0 Å². The molecule has 1 heterocycles. The van der Waals surface area contributed by atoms with Crippen molar-refractivity contribution in [2.75, 3.05) is 13.1 Å². The van der Waals surface area contributed by atoms with Crippen molar-refractivity contribution in [2.45, 2.75) is 70.9 Å². The zero-order valence-corrected chi connectivity index (χ0v) is 12.0. The molecule has 2 atom stereocenters. The van der Waals surface area contributed by atoms with Gasteiger partial charge in [0.2, 0.25) is 5.91 Å². The van der Waals surface area contributed by atoms with Crippen molar-refractivity contribution in [3.63, 3.8) is 0 Å². The summed E-state index contributed by atoms with van der Waals surface area (Å²) in [5.74, 6) is 0.914. The van der Waals surface area contributed by atoms with Gasteiger partial charge in [0, 0.05) is 25.0 Å². The van der Waals surface area contributed by atoms with Gasteiger partial charge in [-0.05, 0) is 38.1 Å². The molecule has 1 saturated heterocycles. The molecule has 1 saturated carbocycles. The quantitative estimate of drug-likeness (QED) is 0.788. The number of nitrogens with zero attached hydrogens (tertiary/aromatic N) is 1. The van der Waals surface area contributed by atoms with Crippen LogP contribution in [0, 0.1) is 5.92 Å². The molecule has 2 aliphatic rings. The summed E-state index contributed by atoms with van der Waals surface area (Å²) in [4.78, 5) is 14.5. The minimum atomic E-state index is 0.388. The molecule has 0 aromatic carbocycles. The Morgan fingerprint density at radius 1 is 1.33 bits per heavy atom. The molecule has 1 amide bonds. The van der Waals surface area contributed by atoms with Gasteiger partial charge in [-0.15, -0.1) is 0 Å². The summed E-state index contributed by atoms with van der Waals surface area (Å²) in [6.45, 7) is 6.42. The van der Waals surface area contributed by atoms with Crippen LogP contribution in [0.4, 0.5) is 0 Å². The van der Waals surface area contributed by atoms with Crippen LogP contribution in [0.1, 0.15) is 58.8 Å². The number of carbonyl (C=O) groups excluding carboxylic acids is 1. The maximum atomic E-state index is 12.4. The van der Waals surface area contributed by atoms with Crippen LogP contribution in [0.5, 0.6) is 0 Å². The maximum absolute atomic E-state index is 12.4. The molecule has 104 valence electrons. The lowest BCUT2D eigenvalue weighted by Crippen LogP contribution is -2.46. The lowest BCUT2D eigenvalue weighted by molar-refractivity contribution is -0.133. The number of nitrogens with one attached hydrogen (secondary N) is 1. The summed E-state index contributed by atoms with van der Waals surface area (Å²) in [5.41, 5.74) is 0. The number of hydrogen-bond acceptors (Lipinski definition) is 2. The summed E-state index contributed by atoms with van der Waals surface area (Å²) in [5, 5.41) is 3.56. The Bertz CT molecular complexity index is 270. The number of rotatable bonds is 6. The number of amides is 1. The molecule has 0 spiro atoms. The van der Waals surface area contributed by atoms with Crippen molar-refractivity contribution in [2.24, 2.45) is 5.92 Å². The molecule has 0 bridgehead atoms. The van der Waals surface area contributed by atoms with Gasteiger partial charge >= 0.3 is 0 Å². The van der Waals surface area contributed by atoms with Gasteiger partial charge in [-0.1, -0.05) is 26.7 Å². The topological polar surface area (TPSA) is 32.3 Å². The summed E-state index contributed by atoms with van der Waals surface area (Å²) in [6.07, 6.45) is 8.12. The first-order valence-electron chi connectivity index (χ1n) is 7.73. The normalized spacial score (nSPS) is 25.8. The summed E-state index contributed by atoms with van der Waals surface area (Å²) in [7, 11) is 0. The Balaban J connectivity index is 1.84. The Hall–Kier alpha value is -0.570. The number of piperidine rings is 1. The molecular weight excluding hydrogens is 224 g/mol. The molecular formula is C15H28N2O. The number of hydrogen-bond donors (Lipinski definition) is 1. The molecule has 0 aromatic rings. The molecule has 1 aliphatic heterocycles. The van der Waals surface area contributed by atoms with Crippen molar-refractivity contribution in [1.29, 1.82) is 0 Å². The summed E-state index contributed by atoms with van der Waals surface area (Å²) in [6, 6.07) is 1.10. The average Bonchev–Trinajstić information content (AvgIpc) is 3.21. The van der Waals surface area contributed by atoms with Crippen LogP contribution < -0.4 is 5.32 Å². The van der Waals surface area contributed by atoms with E-state index in [9.17, 15) is 4.79 Å². The van der Waals surface area contributed by atoms with E-state index in [-0.39, 0.29) is 0 Å². The fourth-order valence-corrected chi connectivity index (χ4v) is 2.72. The molecule has 2 fully saturated rings. The third-order valence-corrected chi connectivity index (χ3v) is 4.36. The first-order chi connectivity index (χ1) is 8.70. The average molecular weight is 252 g/mol. The standard InChI is InChI=1S/C15H28N2O/c1-3-12(2)10-15(18)17(14-7-8-14)11-13-6-4-5-9-16-13/h12-14,16H,3-11H2,1-2H3. The van der Waals surface area contributed by atoms with E-state index < -0.39 is 0 Å². The van der Waals surface area contributed by atoms with Crippen LogP contribution in [0.25, 0.3) is 0 Å². The lowest BCUT2D eigenvalue weighted by atomic mass is 10.0. The molecule has 18 heavy (non-hydrogen) atoms. The van der Waals surface area contributed by atoms with Gasteiger partial charge in [-0.25, -0.2) is 0 Å². The zero-order chi connectivity index (χ0) is 13.0. The van der Waals surface area contributed by atoms with Crippen LogP contribution >= 0.6 is 0 Å². The maximum Gasteiger partial charge on any atom is 0.223 e. The second-order valence-corrected chi connectivity index (χ2v) is 6.14. The van der Waals surface area contributed by atoms with Gasteiger partial charge in [-0.3, -0.25) is 4.79 Å². The molecule has 2 rings (SSSR count). The molecule has 0 radical (unpaired) electrons. The van der Waals surface area contributed by atoms with Crippen molar-refractivity contribution in [1.82, 2.24) is 10.2 Å². The largest absolute Gasteiger partial charge is 0.338 e. The van der Waals surface area contributed by atoms with Crippen molar-refractivity contribution in [3.05, 3.63) is 0 Å². The van der Waals surface area contributed by atoms with Crippen LogP contribution in [-0.2, 0) is 4.79 Å². The Labute approximate surface area is 111 Å². The fourth-order valence-electron chi connectivity index (χ4n) is 2.72. The van der Waals surface area contributed by atoms with Crippen LogP contribution in [-0.4, -0.2) is 36.0 Å². The van der Waals surface area contributed by atoms with Gasteiger partial charge in [0.1, 0.15) is 0 Å². The molecule has 3 nitrogen and oxygen atoms in total. The monoisotopic (exact) mass is 252 g/mol. The molecule has 3 heteroatoms. The predicted molar refractivity (Wildman–Crippen MR) is 74.4 cm³/mol. The Morgan fingerprint density at radius 2 is 2.11 bits per heavy atom. The van der Waals surface area contributed by atoms with Crippen molar-refractivity contribution in [3.8, 4) is 0 Å².